The van der Waals surface area contributed by atoms with Crippen LogP contribution in [0.15, 0.2) is 36.4 Å². The van der Waals surface area contributed by atoms with Crippen LogP contribution >= 0.6 is 0 Å². The third-order valence-electron chi connectivity index (χ3n) is 4.73. The fraction of sp³-hybridized carbons (Fsp3) is 0.500. The standard InChI is InChI=1S/C22H28F2O2/c1-4-5-6-7-20(23)21(24)14-26-22(25)16(3)17-10-11-18-12-15(2)8-9-19(18)13-17/h8-13,16,20-21H,4-7,14H2,1-3H3/t16-,20+,21+/m0/s1. The zero-order valence-corrected chi connectivity index (χ0v) is 15.8. The molecule has 0 unspecified atom stereocenters. The van der Waals surface area contributed by atoms with Crippen LogP contribution < -0.4 is 0 Å². The topological polar surface area (TPSA) is 26.3 Å². The van der Waals surface area contributed by atoms with Crippen molar-refractivity contribution in [2.75, 3.05) is 6.61 Å². The summed E-state index contributed by atoms with van der Waals surface area (Å²) in [4.78, 5) is 12.2. The van der Waals surface area contributed by atoms with E-state index in [1.54, 1.807) is 6.92 Å². The number of unbranched alkanes of at least 4 members (excludes halogenated alkanes) is 2. The first-order valence-electron chi connectivity index (χ1n) is 9.37. The fourth-order valence-corrected chi connectivity index (χ4v) is 2.95. The van der Waals surface area contributed by atoms with Gasteiger partial charge in [0.2, 0.25) is 0 Å². The molecule has 2 nitrogen and oxygen atoms in total. The van der Waals surface area contributed by atoms with E-state index < -0.39 is 30.8 Å². The highest BCUT2D eigenvalue weighted by Gasteiger charge is 2.24. The first-order chi connectivity index (χ1) is 12.4. The predicted octanol–water partition coefficient (Wildman–Crippen LogP) is 6.05. The largest absolute Gasteiger partial charge is 0.462 e. The lowest BCUT2D eigenvalue weighted by Crippen LogP contribution is -2.26. The second-order valence-electron chi connectivity index (χ2n) is 6.99. The smallest absolute Gasteiger partial charge is 0.313 e. The number of hydrogen-bond acceptors (Lipinski definition) is 2. The molecule has 4 heteroatoms. The Bertz CT molecular complexity index is 729. The highest BCUT2D eigenvalue weighted by molar-refractivity contribution is 5.86. The molecular formula is C22H28F2O2. The lowest BCUT2D eigenvalue weighted by molar-refractivity contribution is -0.147. The summed E-state index contributed by atoms with van der Waals surface area (Å²) in [5, 5.41) is 2.14. The number of halogens is 2. The molecule has 0 aliphatic rings. The molecule has 0 aromatic heterocycles. The van der Waals surface area contributed by atoms with Crippen molar-refractivity contribution in [2.24, 2.45) is 0 Å². The minimum absolute atomic E-state index is 0.173. The Kier molecular flexibility index (Phi) is 7.55. The summed E-state index contributed by atoms with van der Waals surface area (Å²) in [5.74, 6) is -1.05. The van der Waals surface area contributed by atoms with Crippen molar-refractivity contribution in [3.63, 3.8) is 0 Å². The number of benzene rings is 2. The Morgan fingerprint density at radius 1 is 1.04 bits per heavy atom. The van der Waals surface area contributed by atoms with Gasteiger partial charge in [-0.3, -0.25) is 4.79 Å². The number of fused-ring (bicyclic) bond motifs is 1. The third-order valence-corrected chi connectivity index (χ3v) is 4.73. The molecule has 0 N–H and O–H groups in total. The second-order valence-corrected chi connectivity index (χ2v) is 6.99. The number of aryl methyl sites for hydroxylation is 1. The summed E-state index contributed by atoms with van der Waals surface area (Å²) in [6.07, 6.45) is -0.672. The average Bonchev–Trinajstić information content (AvgIpc) is 2.64. The van der Waals surface area contributed by atoms with E-state index in [0.29, 0.717) is 6.42 Å². The van der Waals surface area contributed by atoms with Crippen LogP contribution in [-0.4, -0.2) is 24.9 Å². The van der Waals surface area contributed by atoms with E-state index in [9.17, 15) is 13.6 Å². The molecule has 26 heavy (non-hydrogen) atoms. The number of rotatable bonds is 9. The maximum atomic E-state index is 13.8. The molecule has 0 aliphatic heterocycles. The number of ether oxygens (including phenoxy) is 1. The van der Waals surface area contributed by atoms with Crippen LogP contribution in [0.3, 0.4) is 0 Å². The van der Waals surface area contributed by atoms with Crippen LogP contribution in [0.2, 0.25) is 0 Å². The van der Waals surface area contributed by atoms with Crippen molar-refractivity contribution < 1.29 is 18.3 Å². The van der Waals surface area contributed by atoms with Gasteiger partial charge in [-0.25, -0.2) is 8.78 Å². The van der Waals surface area contributed by atoms with E-state index in [1.807, 2.05) is 44.2 Å². The molecule has 0 fully saturated rings. The molecular weight excluding hydrogens is 334 g/mol. The Morgan fingerprint density at radius 3 is 2.46 bits per heavy atom. The number of hydrogen-bond donors (Lipinski definition) is 0. The summed E-state index contributed by atoms with van der Waals surface area (Å²) in [7, 11) is 0. The van der Waals surface area contributed by atoms with Crippen molar-refractivity contribution in [3.05, 3.63) is 47.5 Å². The van der Waals surface area contributed by atoms with Crippen molar-refractivity contribution in [1.82, 2.24) is 0 Å². The van der Waals surface area contributed by atoms with Gasteiger partial charge in [-0.15, -0.1) is 0 Å². The number of esters is 1. The van der Waals surface area contributed by atoms with Crippen molar-refractivity contribution in [1.29, 1.82) is 0 Å². The molecule has 2 rings (SSSR count). The fourth-order valence-electron chi connectivity index (χ4n) is 2.95. The van der Waals surface area contributed by atoms with Gasteiger partial charge in [-0.1, -0.05) is 68.1 Å². The molecule has 0 aliphatic carbocycles. The van der Waals surface area contributed by atoms with Crippen molar-refractivity contribution in [3.8, 4) is 0 Å². The number of carbonyl (C=O) groups excluding carboxylic acids is 1. The van der Waals surface area contributed by atoms with Gasteiger partial charge in [-0.05, 0) is 36.6 Å². The molecule has 142 valence electrons. The molecule has 2 aromatic rings. The summed E-state index contributed by atoms with van der Waals surface area (Å²) in [6, 6.07) is 11.9. The summed E-state index contributed by atoms with van der Waals surface area (Å²) >= 11 is 0. The van der Waals surface area contributed by atoms with E-state index >= 15 is 0 Å². The predicted molar refractivity (Wildman–Crippen MR) is 102 cm³/mol. The molecule has 0 bridgehead atoms. The molecule has 0 saturated carbocycles. The minimum Gasteiger partial charge on any atom is -0.462 e. The highest BCUT2D eigenvalue weighted by atomic mass is 19.2. The maximum absolute atomic E-state index is 13.8. The molecule has 0 radical (unpaired) electrons. The highest BCUT2D eigenvalue weighted by Crippen LogP contribution is 2.24. The quantitative estimate of drug-likeness (QED) is 0.401. The van der Waals surface area contributed by atoms with Gasteiger partial charge in [0.25, 0.3) is 0 Å². The molecule has 3 atom stereocenters. The SMILES string of the molecule is CCCCC[C@@H](F)[C@H](F)COC(=O)[C@@H](C)c1ccc2cc(C)ccc2c1. The van der Waals surface area contributed by atoms with Gasteiger partial charge in [-0.2, -0.15) is 0 Å². The van der Waals surface area contributed by atoms with Crippen LogP contribution in [-0.2, 0) is 9.53 Å². The molecule has 0 spiro atoms. The van der Waals surface area contributed by atoms with E-state index in [0.717, 1.165) is 29.2 Å². The summed E-state index contributed by atoms with van der Waals surface area (Å²) < 4.78 is 32.6. The van der Waals surface area contributed by atoms with Crippen molar-refractivity contribution in [2.45, 2.75) is 64.7 Å². The third kappa shape index (κ3) is 5.52. The van der Waals surface area contributed by atoms with Crippen LogP contribution in [0.5, 0.6) is 0 Å². The lowest BCUT2D eigenvalue weighted by atomic mass is 9.97. The zero-order valence-electron chi connectivity index (χ0n) is 15.8. The van der Waals surface area contributed by atoms with Gasteiger partial charge in [0, 0.05) is 0 Å². The zero-order chi connectivity index (χ0) is 19.1. The minimum atomic E-state index is -1.76. The molecule has 2 aromatic carbocycles. The van der Waals surface area contributed by atoms with Gasteiger partial charge >= 0.3 is 5.97 Å². The lowest BCUT2D eigenvalue weighted by Gasteiger charge is -2.16. The van der Waals surface area contributed by atoms with Crippen LogP contribution in [0, 0.1) is 6.92 Å². The van der Waals surface area contributed by atoms with Crippen LogP contribution in [0.25, 0.3) is 10.8 Å². The van der Waals surface area contributed by atoms with Crippen LogP contribution in [0.4, 0.5) is 8.78 Å². The van der Waals surface area contributed by atoms with E-state index in [4.69, 9.17) is 4.74 Å². The number of alkyl halides is 2. The van der Waals surface area contributed by atoms with E-state index in [1.165, 1.54) is 5.56 Å². The normalized spacial score (nSPS) is 14.8. The van der Waals surface area contributed by atoms with Gasteiger partial charge < -0.3 is 4.74 Å². The van der Waals surface area contributed by atoms with E-state index in [2.05, 4.69) is 6.07 Å². The summed E-state index contributed by atoms with van der Waals surface area (Å²) in [5.41, 5.74) is 1.98. The Balaban J connectivity index is 1.91. The van der Waals surface area contributed by atoms with Gasteiger partial charge in [0.05, 0.1) is 5.92 Å². The Morgan fingerprint density at radius 2 is 1.73 bits per heavy atom. The molecule has 0 saturated heterocycles. The number of carbonyl (C=O) groups is 1. The van der Waals surface area contributed by atoms with Crippen LogP contribution in [0.1, 0.15) is 56.6 Å². The summed E-state index contributed by atoms with van der Waals surface area (Å²) in [6.45, 7) is 5.24. The first-order valence-corrected chi connectivity index (χ1v) is 9.37. The van der Waals surface area contributed by atoms with E-state index in [-0.39, 0.29) is 6.42 Å². The van der Waals surface area contributed by atoms with Gasteiger partial charge in [0.15, 0.2) is 6.17 Å². The maximum Gasteiger partial charge on any atom is 0.313 e. The Hall–Kier alpha value is -1.97. The average molecular weight is 362 g/mol. The first kappa shape index (κ1) is 20.3. The molecule has 0 heterocycles. The molecule has 0 amide bonds. The second kappa shape index (κ2) is 9.65. The monoisotopic (exact) mass is 362 g/mol. The Labute approximate surface area is 154 Å². The van der Waals surface area contributed by atoms with Gasteiger partial charge in [0.1, 0.15) is 12.8 Å². The van der Waals surface area contributed by atoms with Crippen molar-refractivity contribution >= 4 is 16.7 Å².